The van der Waals surface area contributed by atoms with E-state index < -0.39 is 17.9 Å². The van der Waals surface area contributed by atoms with Crippen LogP contribution in [-0.4, -0.2) is 52.2 Å². The number of hydrogen-bond acceptors (Lipinski definition) is 4. The summed E-state index contributed by atoms with van der Waals surface area (Å²) in [4.78, 5) is 36.9. The number of aromatic nitrogens is 1. The van der Waals surface area contributed by atoms with E-state index in [0.29, 0.717) is 24.3 Å². The van der Waals surface area contributed by atoms with E-state index in [4.69, 9.17) is 4.74 Å². The zero-order valence-corrected chi connectivity index (χ0v) is 14.1. The Kier molecular flexibility index (Phi) is 5.48. The molecule has 1 aromatic rings. The van der Waals surface area contributed by atoms with Crippen molar-refractivity contribution in [2.45, 2.75) is 20.3 Å². The molecule has 2 rings (SSSR count). The number of carboxylic acids is 1. The average molecular weight is 337 g/mol. The van der Waals surface area contributed by atoms with Crippen molar-refractivity contribution in [2.75, 3.05) is 25.0 Å². The normalized spacial score (nSPS) is 20.5. The number of carbonyl (C=O) groups is 3. The van der Waals surface area contributed by atoms with Crippen LogP contribution in [0, 0.1) is 11.8 Å². The first kappa shape index (κ1) is 17.8. The molecule has 8 nitrogen and oxygen atoms in total. The lowest BCUT2D eigenvalue weighted by atomic mass is 9.91. The predicted octanol–water partition coefficient (Wildman–Crippen LogP) is 1.78. The maximum absolute atomic E-state index is 12.4. The molecule has 24 heavy (non-hydrogen) atoms. The van der Waals surface area contributed by atoms with Crippen LogP contribution >= 0.6 is 0 Å². The van der Waals surface area contributed by atoms with Crippen LogP contribution < -0.4 is 5.32 Å². The molecule has 1 saturated heterocycles. The maximum atomic E-state index is 12.4. The van der Waals surface area contributed by atoms with Crippen molar-refractivity contribution < 1.29 is 24.2 Å². The summed E-state index contributed by atoms with van der Waals surface area (Å²) in [5.74, 6) is -1.77. The predicted molar refractivity (Wildman–Crippen MR) is 86.9 cm³/mol. The number of aliphatic carboxylic acids is 1. The summed E-state index contributed by atoms with van der Waals surface area (Å²) in [6.45, 7) is 4.61. The number of carbonyl (C=O) groups excluding carboxylic acids is 2. The van der Waals surface area contributed by atoms with Gasteiger partial charge in [0.25, 0.3) is 0 Å². The van der Waals surface area contributed by atoms with Gasteiger partial charge in [-0.2, -0.15) is 0 Å². The van der Waals surface area contributed by atoms with Gasteiger partial charge in [0.15, 0.2) is 0 Å². The molecular weight excluding hydrogens is 314 g/mol. The topological polar surface area (TPSA) is 101 Å². The first-order valence-electron chi connectivity index (χ1n) is 7.94. The Balaban J connectivity index is 2.05. The minimum atomic E-state index is -0.886. The summed E-state index contributed by atoms with van der Waals surface area (Å²) in [6, 6.07) is 1.17. The highest BCUT2D eigenvalue weighted by atomic mass is 16.5. The van der Waals surface area contributed by atoms with E-state index in [2.05, 4.69) is 5.32 Å². The van der Waals surface area contributed by atoms with Crippen molar-refractivity contribution in [2.24, 2.45) is 18.9 Å². The number of esters is 1. The van der Waals surface area contributed by atoms with Crippen molar-refractivity contribution in [3.05, 3.63) is 18.0 Å². The molecule has 132 valence electrons. The van der Waals surface area contributed by atoms with Gasteiger partial charge < -0.3 is 24.6 Å². The van der Waals surface area contributed by atoms with Gasteiger partial charge in [-0.15, -0.1) is 0 Å². The molecule has 0 aliphatic carbocycles. The van der Waals surface area contributed by atoms with E-state index >= 15 is 0 Å². The minimum absolute atomic E-state index is 0.122. The summed E-state index contributed by atoms with van der Waals surface area (Å²) in [5.41, 5.74) is 0.804. The summed E-state index contributed by atoms with van der Waals surface area (Å²) < 4.78 is 6.53. The smallest absolute Gasteiger partial charge is 0.355 e. The number of hydrogen-bond donors (Lipinski definition) is 2. The van der Waals surface area contributed by atoms with Crippen LogP contribution in [0.2, 0.25) is 0 Å². The van der Waals surface area contributed by atoms with E-state index in [-0.39, 0.29) is 25.1 Å². The number of piperidine rings is 1. The van der Waals surface area contributed by atoms with Crippen molar-refractivity contribution in [1.82, 2.24) is 9.47 Å². The highest BCUT2D eigenvalue weighted by Gasteiger charge is 2.32. The molecule has 8 heteroatoms. The zero-order valence-electron chi connectivity index (χ0n) is 14.1. The second-order valence-electron chi connectivity index (χ2n) is 6.16. The molecule has 0 bridgehead atoms. The molecule has 2 amide bonds. The second kappa shape index (κ2) is 7.37. The first-order valence-corrected chi connectivity index (χ1v) is 7.94. The lowest BCUT2D eigenvalue weighted by Gasteiger charge is -2.34. The Morgan fingerprint density at radius 2 is 2.08 bits per heavy atom. The fraction of sp³-hybridized carbons (Fsp3) is 0.562. The lowest BCUT2D eigenvalue weighted by molar-refractivity contribution is -0.143. The lowest BCUT2D eigenvalue weighted by Crippen LogP contribution is -2.47. The maximum Gasteiger partial charge on any atom is 0.355 e. The number of ether oxygens (including phenoxy) is 1. The van der Waals surface area contributed by atoms with E-state index in [1.54, 1.807) is 24.7 Å². The molecule has 2 atom stereocenters. The highest BCUT2D eigenvalue weighted by molar-refractivity contribution is 5.93. The summed E-state index contributed by atoms with van der Waals surface area (Å²) in [5, 5.41) is 11.9. The van der Waals surface area contributed by atoms with Crippen LogP contribution in [0.3, 0.4) is 0 Å². The van der Waals surface area contributed by atoms with Gasteiger partial charge in [0.1, 0.15) is 5.69 Å². The Hall–Kier alpha value is -2.51. The molecule has 2 unspecified atom stereocenters. The van der Waals surface area contributed by atoms with Gasteiger partial charge in [0.2, 0.25) is 0 Å². The SMILES string of the molecule is CCOC(=O)c1cc(NC(=O)N2CC(C)CC(C(=O)O)C2)cn1C. The molecule has 0 aromatic carbocycles. The third kappa shape index (κ3) is 4.06. The minimum Gasteiger partial charge on any atom is -0.481 e. The van der Waals surface area contributed by atoms with Crippen molar-refractivity contribution in [1.29, 1.82) is 0 Å². The molecule has 0 radical (unpaired) electrons. The number of rotatable bonds is 4. The van der Waals surface area contributed by atoms with Gasteiger partial charge in [-0.1, -0.05) is 6.92 Å². The zero-order chi connectivity index (χ0) is 17.9. The number of aryl methyl sites for hydroxylation is 1. The first-order chi connectivity index (χ1) is 11.3. The monoisotopic (exact) mass is 337 g/mol. The van der Waals surface area contributed by atoms with Gasteiger partial charge in [0.05, 0.1) is 18.2 Å². The highest BCUT2D eigenvalue weighted by Crippen LogP contribution is 2.23. The van der Waals surface area contributed by atoms with Gasteiger partial charge >= 0.3 is 18.0 Å². The number of carboxylic acid groups (broad SMARTS) is 1. The van der Waals surface area contributed by atoms with Crippen LogP contribution in [0.15, 0.2) is 12.3 Å². The number of urea groups is 1. The Bertz CT molecular complexity index is 640. The number of likely N-dealkylation sites (tertiary alicyclic amines) is 1. The Morgan fingerprint density at radius 1 is 1.38 bits per heavy atom. The quantitative estimate of drug-likeness (QED) is 0.816. The molecule has 0 saturated carbocycles. The van der Waals surface area contributed by atoms with E-state index in [1.807, 2.05) is 6.92 Å². The second-order valence-corrected chi connectivity index (χ2v) is 6.16. The molecule has 1 fully saturated rings. The van der Waals surface area contributed by atoms with Crippen LogP contribution in [0.4, 0.5) is 10.5 Å². The molecule has 1 aliphatic rings. The number of nitrogens with zero attached hydrogens (tertiary/aromatic N) is 2. The average Bonchev–Trinajstić information content (AvgIpc) is 2.87. The number of anilines is 1. The summed E-state index contributed by atoms with van der Waals surface area (Å²) in [6.07, 6.45) is 2.18. The van der Waals surface area contributed by atoms with Gasteiger partial charge in [-0.3, -0.25) is 4.79 Å². The Labute approximate surface area is 140 Å². The molecule has 1 aromatic heterocycles. The van der Waals surface area contributed by atoms with Crippen LogP contribution in [0.5, 0.6) is 0 Å². The molecule has 2 N–H and O–H groups in total. The molecule has 0 spiro atoms. The fourth-order valence-corrected chi connectivity index (χ4v) is 2.94. The van der Waals surface area contributed by atoms with Crippen molar-refractivity contribution in [3.8, 4) is 0 Å². The molecule has 1 aliphatic heterocycles. The number of amides is 2. The Morgan fingerprint density at radius 3 is 2.71 bits per heavy atom. The van der Waals surface area contributed by atoms with Crippen LogP contribution in [-0.2, 0) is 16.6 Å². The van der Waals surface area contributed by atoms with Crippen molar-refractivity contribution in [3.63, 3.8) is 0 Å². The van der Waals surface area contributed by atoms with Gasteiger partial charge in [-0.05, 0) is 25.3 Å². The van der Waals surface area contributed by atoms with Crippen LogP contribution in [0.1, 0.15) is 30.8 Å². The van der Waals surface area contributed by atoms with E-state index in [1.165, 1.54) is 11.0 Å². The third-order valence-corrected chi connectivity index (χ3v) is 4.04. The fourth-order valence-electron chi connectivity index (χ4n) is 2.94. The van der Waals surface area contributed by atoms with Gasteiger partial charge in [0, 0.05) is 26.3 Å². The molecular formula is C16H23N3O5. The van der Waals surface area contributed by atoms with E-state index in [0.717, 1.165) is 0 Å². The summed E-state index contributed by atoms with van der Waals surface area (Å²) in [7, 11) is 1.69. The van der Waals surface area contributed by atoms with Crippen molar-refractivity contribution >= 4 is 23.7 Å². The summed E-state index contributed by atoms with van der Waals surface area (Å²) >= 11 is 0. The third-order valence-electron chi connectivity index (χ3n) is 4.04. The van der Waals surface area contributed by atoms with Crippen LogP contribution in [0.25, 0.3) is 0 Å². The largest absolute Gasteiger partial charge is 0.481 e. The number of nitrogens with one attached hydrogen (secondary N) is 1. The van der Waals surface area contributed by atoms with E-state index in [9.17, 15) is 19.5 Å². The van der Waals surface area contributed by atoms with Gasteiger partial charge in [-0.25, -0.2) is 9.59 Å². The molecule has 2 heterocycles. The standard InChI is InChI=1S/C16H23N3O5/c1-4-24-15(22)13-6-12(9-18(13)3)17-16(23)19-7-10(2)5-11(8-19)14(20)21/h6,9-11H,4-5,7-8H2,1-3H3,(H,17,23)(H,20,21).